The van der Waals surface area contributed by atoms with Crippen LogP contribution in [0.1, 0.15) is 49.8 Å². The van der Waals surface area contributed by atoms with E-state index in [0.29, 0.717) is 16.0 Å². The van der Waals surface area contributed by atoms with Gasteiger partial charge in [0.2, 0.25) is 11.1 Å². The summed E-state index contributed by atoms with van der Waals surface area (Å²) in [5.41, 5.74) is 1.98. The maximum Gasteiger partial charge on any atom is 0.283 e. The van der Waals surface area contributed by atoms with Gasteiger partial charge >= 0.3 is 0 Å². The van der Waals surface area contributed by atoms with Gasteiger partial charge in [-0.25, -0.2) is 0 Å². The third-order valence-electron chi connectivity index (χ3n) is 6.28. The van der Waals surface area contributed by atoms with E-state index >= 15 is 0 Å². The van der Waals surface area contributed by atoms with Crippen LogP contribution in [0.4, 0.5) is 0 Å². The number of nitrogens with zero attached hydrogens (tertiary/aromatic N) is 4. The monoisotopic (exact) mass is 501 g/mol. The maximum atomic E-state index is 12.7. The second-order valence-electron chi connectivity index (χ2n) is 8.87. The largest absolute Gasteiger partial charge is 0.486 e. The lowest BCUT2D eigenvalue weighted by molar-refractivity contribution is -0.130. The lowest BCUT2D eigenvalue weighted by atomic mass is 10.1. The summed E-state index contributed by atoms with van der Waals surface area (Å²) in [5.74, 6) is 0.202. The van der Waals surface area contributed by atoms with E-state index < -0.39 is 5.91 Å². The van der Waals surface area contributed by atoms with E-state index in [4.69, 9.17) is 10.1 Å². The molecule has 1 fully saturated rings. The normalized spacial score (nSPS) is 19.6. The third-order valence-corrected chi connectivity index (χ3v) is 7.19. The molecule has 36 heavy (non-hydrogen) atoms. The number of carbonyl (C=O) groups excluding carboxylic acids is 2. The number of hydrogen-bond acceptors (Lipinski definition) is 6. The highest BCUT2D eigenvalue weighted by molar-refractivity contribution is 8.27. The van der Waals surface area contributed by atoms with E-state index in [-0.39, 0.29) is 29.8 Å². The number of ether oxygens (including phenoxy) is 1. The molecular weight excluding hydrogens is 474 g/mol. The van der Waals surface area contributed by atoms with Gasteiger partial charge in [-0.3, -0.25) is 15.0 Å². The molecule has 9 heteroatoms. The quantitative estimate of drug-likeness (QED) is 0.571. The van der Waals surface area contributed by atoms with Gasteiger partial charge in [-0.2, -0.15) is 15.1 Å². The number of carbonyl (C=O) groups is 2. The first-order chi connectivity index (χ1) is 17.5. The number of hydrogen-bond donors (Lipinski definition) is 1. The number of amidine groups is 2. The molecule has 3 heterocycles. The maximum absolute atomic E-state index is 12.7. The van der Waals surface area contributed by atoms with Gasteiger partial charge in [0.05, 0.1) is 12.0 Å². The minimum Gasteiger partial charge on any atom is -0.486 e. The molecule has 0 saturated carbocycles. The van der Waals surface area contributed by atoms with Crippen molar-refractivity contribution >= 4 is 45.7 Å². The number of thioether (sulfide) groups is 1. The first kappa shape index (κ1) is 24.0. The zero-order valence-corrected chi connectivity index (χ0v) is 20.8. The van der Waals surface area contributed by atoms with E-state index in [1.165, 1.54) is 16.8 Å². The molecule has 0 aromatic heterocycles. The Kier molecular flexibility index (Phi) is 6.99. The molecule has 1 saturated heterocycles. The highest BCUT2D eigenvalue weighted by atomic mass is 32.2. The molecule has 8 nitrogen and oxygen atoms in total. The molecule has 0 bridgehead atoms. The van der Waals surface area contributed by atoms with Crippen molar-refractivity contribution in [2.24, 2.45) is 10.1 Å². The molecule has 0 aliphatic carbocycles. The minimum atomic E-state index is -0.490. The average molecular weight is 502 g/mol. The summed E-state index contributed by atoms with van der Waals surface area (Å²) in [4.78, 5) is 31.3. The molecule has 3 aliphatic heterocycles. The summed E-state index contributed by atoms with van der Waals surface area (Å²) in [6.07, 6.45) is 4.89. The van der Waals surface area contributed by atoms with Crippen LogP contribution in [-0.2, 0) is 9.59 Å². The zero-order chi connectivity index (χ0) is 25.1. The number of benzene rings is 2. The van der Waals surface area contributed by atoms with Crippen LogP contribution in [0, 0.1) is 5.41 Å². The molecule has 2 aromatic rings. The smallest absolute Gasteiger partial charge is 0.283 e. The Bertz CT molecular complexity index is 1260. The molecule has 2 aromatic carbocycles. The molecule has 3 aliphatic rings. The van der Waals surface area contributed by atoms with E-state index in [2.05, 4.69) is 10.1 Å². The number of fused-ring (bicyclic) bond motifs is 1. The molecule has 2 amide bonds. The molecule has 1 unspecified atom stereocenters. The van der Waals surface area contributed by atoms with Gasteiger partial charge in [-0.15, -0.1) is 0 Å². The molecule has 0 radical (unpaired) electrons. The number of piperidine rings is 1. The summed E-state index contributed by atoms with van der Waals surface area (Å²) in [5, 5.41) is 15.2. The van der Waals surface area contributed by atoms with E-state index in [0.717, 1.165) is 43.5 Å². The number of amides is 2. The van der Waals surface area contributed by atoms with Crippen molar-refractivity contribution < 1.29 is 14.3 Å². The van der Waals surface area contributed by atoms with Crippen LogP contribution >= 0.6 is 11.8 Å². The summed E-state index contributed by atoms with van der Waals surface area (Å²) in [6, 6.07) is 17.3. The van der Waals surface area contributed by atoms with Crippen LogP contribution in [0.5, 0.6) is 5.75 Å². The van der Waals surface area contributed by atoms with Crippen LogP contribution in [0.2, 0.25) is 0 Å². The lowest BCUT2D eigenvalue weighted by Gasteiger charge is -2.26. The van der Waals surface area contributed by atoms with Gasteiger partial charge in [0.15, 0.2) is 5.84 Å². The predicted octanol–water partition coefficient (Wildman–Crippen LogP) is 4.85. The van der Waals surface area contributed by atoms with E-state index in [1.807, 2.05) is 66.4 Å². The number of rotatable bonds is 6. The summed E-state index contributed by atoms with van der Waals surface area (Å²) in [6.45, 7) is 3.54. The minimum absolute atomic E-state index is 0.0268. The van der Waals surface area contributed by atoms with Crippen LogP contribution in [0.3, 0.4) is 0 Å². The second kappa shape index (κ2) is 10.5. The predicted molar refractivity (Wildman–Crippen MR) is 142 cm³/mol. The fourth-order valence-corrected chi connectivity index (χ4v) is 5.17. The fraction of sp³-hybridized carbons (Fsp3) is 0.296. The lowest BCUT2D eigenvalue weighted by Crippen LogP contribution is -2.36. The van der Waals surface area contributed by atoms with Crippen molar-refractivity contribution in [3.63, 3.8) is 0 Å². The van der Waals surface area contributed by atoms with Crippen molar-refractivity contribution in [2.45, 2.75) is 38.7 Å². The van der Waals surface area contributed by atoms with Crippen LogP contribution < -0.4 is 4.74 Å². The highest BCUT2D eigenvalue weighted by Crippen LogP contribution is 2.30. The van der Waals surface area contributed by atoms with E-state index in [9.17, 15) is 9.59 Å². The van der Waals surface area contributed by atoms with Crippen molar-refractivity contribution in [1.29, 1.82) is 5.41 Å². The highest BCUT2D eigenvalue weighted by Gasteiger charge is 2.36. The molecule has 1 N–H and O–H groups in total. The Morgan fingerprint density at radius 3 is 2.56 bits per heavy atom. The number of hydrazone groups is 1. The zero-order valence-electron chi connectivity index (χ0n) is 20.0. The first-order valence-electron chi connectivity index (χ1n) is 12.1. The standard InChI is InChI=1S/C27H27N5O3S/c1-18(20-8-4-2-5-9-20)35-21-12-10-19(11-13-21)16-22-25(28)32-27(29-26(22)34)36-23(30-32)17-24(33)31-14-6-3-7-15-31/h2,4-5,8-13,16,18,28H,3,6-7,14-15,17H2,1H3. The number of nitrogens with one attached hydrogen (secondary N) is 1. The molecule has 5 rings (SSSR count). The SMILES string of the molecule is CC(Oc1ccc(C=C2C(=N)N3N=C(CC(=O)N4CCCCC4)SC3=NC2=O)cc1)c1ccccc1. The van der Waals surface area contributed by atoms with Gasteiger partial charge in [-0.05, 0) is 67.3 Å². The number of likely N-dealkylation sites (tertiary alicyclic amines) is 1. The fourth-order valence-electron chi connectivity index (χ4n) is 4.29. The Labute approximate surface area is 214 Å². The van der Waals surface area contributed by atoms with Gasteiger partial charge in [0, 0.05) is 13.1 Å². The molecular formula is C27H27N5O3S. The molecule has 1 atom stereocenters. The summed E-state index contributed by atoms with van der Waals surface area (Å²) in [7, 11) is 0. The van der Waals surface area contributed by atoms with Gasteiger partial charge in [-0.1, -0.05) is 42.5 Å². The Balaban J connectivity index is 1.26. The van der Waals surface area contributed by atoms with Crippen LogP contribution in [0.15, 0.2) is 70.3 Å². The Morgan fingerprint density at radius 2 is 1.83 bits per heavy atom. The van der Waals surface area contributed by atoms with Crippen LogP contribution in [-0.4, -0.2) is 50.9 Å². The molecule has 184 valence electrons. The van der Waals surface area contributed by atoms with Crippen LogP contribution in [0.25, 0.3) is 6.08 Å². The van der Waals surface area contributed by atoms with Gasteiger partial charge in [0.25, 0.3) is 5.91 Å². The average Bonchev–Trinajstić information content (AvgIpc) is 3.30. The van der Waals surface area contributed by atoms with Crippen molar-refractivity contribution in [2.75, 3.05) is 13.1 Å². The molecule has 0 spiro atoms. The summed E-state index contributed by atoms with van der Waals surface area (Å²) >= 11 is 1.18. The van der Waals surface area contributed by atoms with E-state index in [1.54, 1.807) is 6.08 Å². The van der Waals surface area contributed by atoms with Gasteiger partial charge in [0.1, 0.15) is 16.9 Å². The first-order valence-corrected chi connectivity index (χ1v) is 12.9. The van der Waals surface area contributed by atoms with Crippen molar-refractivity contribution in [3.8, 4) is 5.75 Å². The second-order valence-corrected chi connectivity index (χ2v) is 9.91. The van der Waals surface area contributed by atoms with Crippen molar-refractivity contribution in [1.82, 2.24) is 9.91 Å². The third kappa shape index (κ3) is 5.26. The Hall–Kier alpha value is -3.72. The summed E-state index contributed by atoms with van der Waals surface area (Å²) < 4.78 is 6.02. The van der Waals surface area contributed by atoms with Crippen molar-refractivity contribution in [3.05, 3.63) is 71.3 Å². The van der Waals surface area contributed by atoms with Gasteiger partial charge < -0.3 is 9.64 Å². The number of aliphatic imine (C=N–C) groups is 1. The topological polar surface area (TPSA) is 98.4 Å². The Morgan fingerprint density at radius 1 is 1.11 bits per heavy atom.